The first-order valence-electron chi connectivity index (χ1n) is 9.12. The van der Waals surface area contributed by atoms with Crippen LogP contribution in [0.4, 0.5) is 0 Å². The first-order chi connectivity index (χ1) is 12.5. The van der Waals surface area contributed by atoms with Crippen LogP contribution in [0.5, 0.6) is 0 Å². The van der Waals surface area contributed by atoms with Gasteiger partial charge >= 0.3 is 0 Å². The maximum Gasteiger partial charge on any atom is 0.275 e. The van der Waals surface area contributed by atoms with Crippen molar-refractivity contribution in [2.45, 2.75) is 45.6 Å². The average molecular weight is 357 g/mol. The van der Waals surface area contributed by atoms with E-state index in [4.69, 9.17) is 0 Å². The molecule has 0 saturated carbocycles. The van der Waals surface area contributed by atoms with Crippen LogP contribution in [0.3, 0.4) is 0 Å². The highest BCUT2D eigenvalue weighted by molar-refractivity contribution is 5.86. The Hall–Kier alpha value is -2.64. The second-order valence-electron chi connectivity index (χ2n) is 7.20. The van der Waals surface area contributed by atoms with Gasteiger partial charge in [-0.2, -0.15) is 0 Å². The number of hydrogen-bond acceptors (Lipinski definition) is 4. The van der Waals surface area contributed by atoms with Crippen LogP contribution in [-0.2, 0) is 9.59 Å². The minimum atomic E-state index is -0.114. The molecule has 8 heteroatoms. The van der Waals surface area contributed by atoms with Crippen LogP contribution in [0.2, 0.25) is 0 Å². The van der Waals surface area contributed by atoms with Gasteiger partial charge in [0.2, 0.25) is 11.8 Å². The third-order valence-electron chi connectivity index (χ3n) is 5.53. The van der Waals surface area contributed by atoms with E-state index >= 15 is 0 Å². The normalized spacial score (nSPS) is 20.5. The van der Waals surface area contributed by atoms with Gasteiger partial charge in [0.1, 0.15) is 0 Å². The number of aromatic amines is 1. The van der Waals surface area contributed by atoms with Crippen LogP contribution in [-0.4, -0.2) is 55.8 Å². The monoisotopic (exact) mass is 357 g/mol. The summed E-state index contributed by atoms with van der Waals surface area (Å²) < 4.78 is 1.45. The van der Waals surface area contributed by atoms with Gasteiger partial charge in [0.25, 0.3) is 5.56 Å². The number of aryl methyl sites for hydroxylation is 1. The molecule has 4 heterocycles. The van der Waals surface area contributed by atoms with Crippen LogP contribution in [0.15, 0.2) is 10.9 Å². The number of amides is 2. The van der Waals surface area contributed by atoms with Crippen molar-refractivity contribution >= 4 is 17.5 Å². The SMILES string of the molecule is Cc1nc2cc([C@H]3CCCN3C(=O)CN3CCCC3=O)[nH]n2c(=O)c1C. The van der Waals surface area contributed by atoms with Gasteiger partial charge in [-0.3, -0.25) is 19.5 Å². The molecule has 0 aliphatic carbocycles. The van der Waals surface area contributed by atoms with E-state index in [0.29, 0.717) is 36.4 Å². The third-order valence-corrected chi connectivity index (χ3v) is 5.53. The summed E-state index contributed by atoms with van der Waals surface area (Å²) in [7, 11) is 0. The molecule has 1 atom stereocenters. The van der Waals surface area contributed by atoms with Crippen LogP contribution in [0, 0.1) is 13.8 Å². The van der Waals surface area contributed by atoms with Gasteiger partial charge in [-0.15, -0.1) is 0 Å². The second kappa shape index (κ2) is 6.26. The number of fused-ring (bicyclic) bond motifs is 1. The summed E-state index contributed by atoms with van der Waals surface area (Å²) in [6.07, 6.45) is 3.09. The van der Waals surface area contributed by atoms with Crippen molar-refractivity contribution in [3.8, 4) is 0 Å². The zero-order valence-corrected chi connectivity index (χ0v) is 15.1. The zero-order valence-electron chi connectivity index (χ0n) is 15.1. The molecule has 2 saturated heterocycles. The van der Waals surface area contributed by atoms with Crippen molar-refractivity contribution in [3.05, 3.63) is 33.4 Å². The lowest BCUT2D eigenvalue weighted by molar-refractivity contribution is -0.139. The second-order valence-corrected chi connectivity index (χ2v) is 7.20. The van der Waals surface area contributed by atoms with Gasteiger partial charge in [0, 0.05) is 36.8 Å². The number of likely N-dealkylation sites (tertiary alicyclic amines) is 2. The third kappa shape index (κ3) is 2.69. The van der Waals surface area contributed by atoms with E-state index in [9.17, 15) is 14.4 Å². The number of H-pyrrole nitrogens is 1. The molecule has 8 nitrogen and oxygen atoms in total. The van der Waals surface area contributed by atoms with Gasteiger partial charge in [-0.25, -0.2) is 9.50 Å². The van der Waals surface area contributed by atoms with Crippen LogP contribution >= 0.6 is 0 Å². The van der Waals surface area contributed by atoms with Gasteiger partial charge in [-0.1, -0.05) is 0 Å². The Kier molecular flexibility index (Phi) is 4.05. The molecule has 4 rings (SSSR count). The molecule has 2 fully saturated rings. The Labute approximate surface area is 150 Å². The summed E-state index contributed by atoms with van der Waals surface area (Å²) in [6, 6.07) is 1.74. The number of rotatable bonds is 3. The first kappa shape index (κ1) is 16.8. The highest BCUT2D eigenvalue weighted by Crippen LogP contribution is 2.31. The Bertz CT molecular complexity index is 944. The lowest BCUT2D eigenvalue weighted by Gasteiger charge is -2.26. The highest BCUT2D eigenvalue weighted by atomic mass is 16.2. The van der Waals surface area contributed by atoms with Gasteiger partial charge in [0.05, 0.1) is 18.3 Å². The molecule has 0 spiro atoms. The average Bonchev–Trinajstić information content (AvgIpc) is 3.32. The van der Waals surface area contributed by atoms with E-state index < -0.39 is 0 Å². The fourth-order valence-electron chi connectivity index (χ4n) is 3.92. The summed E-state index contributed by atoms with van der Waals surface area (Å²) in [5.74, 6) is 0.0236. The summed E-state index contributed by atoms with van der Waals surface area (Å²) in [4.78, 5) is 44.9. The number of carbonyl (C=O) groups excluding carboxylic acids is 2. The van der Waals surface area contributed by atoms with Gasteiger partial charge < -0.3 is 9.80 Å². The molecule has 2 aliphatic heterocycles. The van der Waals surface area contributed by atoms with Crippen molar-refractivity contribution in [1.29, 1.82) is 0 Å². The molecule has 0 bridgehead atoms. The van der Waals surface area contributed by atoms with Crippen molar-refractivity contribution in [2.24, 2.45) is 0 Å². The van der Waals surface area contributed by atoms with Crippen LogP contribution in [0.1, 0.15) is 48.7 Å². The molecule has 2 aliphatic rings. The predicted molar refractivity (Wildman–Crippen MR) is 94.8 cm³/mol. The Morgan fingerprint density at radius 1 is 1.27 bits per heavy atom. The van der Waals surface area contributed by atoms with Crippen molar-refractivity contribution in [3.63, 3.8) is 0 Å². The van der Waals surface area contributed by atoms with E-state index in [0.717, 1.165) is 25.0 Å². The molecule has 2 aromatic heterocycles. The standard InChI is InChI=1S/C18H23N5O3/c1-11-12(2)19-15-9-13(20-23(15)18(11)26)14-5-3-8-22(14)17(25)10-21-7-4-6-16(21)24/h9,14,20H,3-8,10H2,1-2H3/t14-/m1/s1. The molecule has 0 aromatic carbocycles. The molecule has 138 valence electrons. The van der Waals surface area contributed by atoms with E-state index in [1.54, 1.807) is 11.8 Å². The van der Waals surface area contributed by atoms with E-state index in [-0.39, 0.29) is 30.0 Å². The molecular weight excluding hydrogens is 334 g/mol. The molecular formula is C18H23N5O3. The van der Waals surface area contributed by atoms with Crippen molar-refractivity contribution in [1.82, 2.24) is 24.4 Å². The number of nitrogens with zero attached hydrogens (tertiary/aromatic N) is 4. The smallest absolute Gasteiger partial charge is 0.275 e. The lowest BCUT2D eigenvalue weighted by atomic mass is 10.1. The predicted octanol–water partition coefficient (Wildman–Crippen LogP) is 0.925. The maximum absolute atomic E-state index is 12.8. The van der Waals surface area contributed by atoms with E-state index in [2.05, 4.69) is 10.1 Å². The summed E-state index contributed by atoms with van der Waals surface area (Å²) in [5, 5.41) is 3.13. The van der Waals surface area contributed by atoms with Gasteiger partial charge in [0.15, 0.2) is 5.65 Å². The minimum Gasteiger partial charge on any atom is -0.333 e. The summed E-state index contributed by atoms with van der Waals surface area (Å²) in [6.45, 7) is 5.05. The molecule has 2 amide bonds. The highest BCUT2D eigenvalue weighted by Gasteiger charge is 2.33. The maximum atomic E-state index is 12.8. The molecule has 0 unspecified atom stereocenters. The van der Waals surface area contributed by atoms with Crippen LogP contribution < -0.4 is 5.56 Å². The molecule has 1 N–H and O–H groups in total. The van der Waals surface area contributed by atoms with Gasteiger partial charge in [-0.05, 0) is 33.1 Å². The number of carbonyl (C=O) groups is 2. The zero-order chi connectivity index (χ0) is 18.4. The quantitative estimate of drug-likeness (QED) is 0.885. The topological polar surface area (TPSA) is 90.8 Å². The lowest BCUT2D eigenvalue weighted by Crippen LogP contribution is -2.40. The fraction of sp³-hybridized carbons (Fsp3) is 0.556. The van der Waals surface area contributed by atoms with Crippen molar-refractivity contribution in [2.75, 3.05) is 19.6 Å². The number of hydrogen-bond donors (Lipinski definition) is 1. The molecule has 0 radical (unpaired) electrons. The summed E-state index contributed by atoms with van der Waals surface area (Å²) in [5.41, 5.74) is 2.60. The Morgan fingerprint density at radius 2 is 2.08 bits per heavy atom. The fourth-order valence-corrected chi connectivity index (χ4v) is 3.92. The summed E-state index contributed by atoms with van der Waals surface area (Å²) >= 11 is 0. The van der Waals surface area contributed by atoms with E-state index in [1.165, 1.54) is 4.52 Å². The molecule has 2 aromatic rings. The number of nitrogens with one attached hydrogen (secondary N) is 1. The minimum absolute atomic E-state index is 0.0333. The van der Waals surface area contributed by atoms with Crippen molar-refractivity contribution < 1.29 is 9.59 Å². The Morgan fingerprint density at radius 3 is 2.81 bits per heavy atom. The first-order valence-corrected chi connectivity index (χ1v) is 9.12. The largest absolute Gasteiger partial charge is 0.333 e. The number of aromatic nitrogens is 3. The molecule has 26 heavy (non-hydrogen) atoms. The van der Waals surface area contributed by atoms with Crippen LogP contribution in [0.25, 0.3) is 5.65 Å². The van der Waals surface area contributed by atoms with E-state index in [1.807, 2.05) is 17.9 Å². The Balaban J connectivity index is 1.61.